The first-order valence-corrected chi connectivity index (χ1v) is 2.96. The Morgan fingerprint density at radius 2 is 1.91 bits per heavy atom. The molecule has 2 heteroatoms. The molecule has 0 bridgehead atoms. The van der Waals surface area contributed by atoms with Crippen molar-refractivity contribution in [1.29, 1.82) is 0 Å². The molecule has 0 N–H and O–H groups in total. The zero-order valence-electron chi connectivity index (χ0n) is 6.41. The molecule has 0 saturated heterocycles. The van der Waals surface area contributed by atoms with Gasteiger partial charge < -0.3 is 4.74 Å². The van der Waals surface area contributed by atoms with E-state index in [2.05, 4.69) is 4.74 Å². The van der Waals surface area contributed by atoms with E-state index in [1.807, 2.05) is 30.3 Å². The van der Waals surface area contributed by atoms with Crippen molar-refractivity contribution in [3.8, 4) is 0 Å². The second-order valence-corrected chi connectivity index (χ2v) is 1.86. The predicted octanol–water partition coefficient (Wildman–Crippen LogP) is 1.72. The van der Waals surface area contributed by atoms with Gasteiger partial charge in [-0.2, -0.15) is 0 Å². The van der Waals surface area contributed by atoms with Gasteiger partial charge in [-0.3, -0.25) is 0 Å². The van der Waals surface area contributed by atoms with Crippen molar-refractivity contribution >= 4 is 6.47 Å². The van der Waals surface area contributed by atoms with Crippen LogP contribution in [0.25, 0.3) is 0 Å². The summed E-state index contributed by atoms with van der Waals surface area (Å²) < 4.78 is 4.41. The highest BCUT2D eigenvalue weighted by molar-refractivity contribution is 5.38. The number of carbonyl (C=O) groups excluding carboxylic acids is 1. The molecule has 0 aromatic heterocycles. The molecule has 0 amide bonds. The lowest BCUT2D eigenvalue weighted by Crippen LogP contribution is -1.87. The SMILES string of the molecule is O=[C]OCc1ccccc1.[CH3]. The lowest BCUT2D eigenvalue weighted by Gasteiger charge is -1.95. The second kappa shape index (κ2) is 5.47. The molecule has 0 saturated carbocycles. The van der Waals surface area contributed by atoms with Gasteiger partial charge in [0.15, 0.2) is 0 Å². The smallest absolute Gasteiger partial charge is 0.417 e. The molecular weight excluding hydrogens is 140 g/mol. The van der Waals surface area contributed by atoms with E-state index in [0.717, 1.165) is 5.56 Å². The summed E-state index contributed by atoms with van der Waals surface area (Å²) in [5.74, 6) is 0. The summed E-state index contributed by atoms with van der Waals surface area (Å²) in [6.45, 7) is 1.68. The summed E-state index contributed by atoms with van der Waals surface area (Å²) in [5.41, 5.74) is 0.978. The summed E-state index contributed by atoms with van der Waals surface area (Å²) in [4.78, 5) is 9.63. The van der Waals surface area contributed by atoms with E-state index >= 15 is 0 Å². The van der Waals surface area contributed by atoms with Crippen LogP contribution in [0.4, 0.5) is 0 Å². The fourth-order valence-electron chi connectivity index (χ4n) is 0.687. The van der Waals surface area contributed by atoms with E-state index in [0.29, 0.717) is 6.61 Å². The van der Waals surface area contributed by atoms with Gasteiger partial charge in [0.25, 0.3) is 0 Å². The maximum atomic E-state index is 9.63. The molecule has 0 unspecified atom stereocenters. The number of benzene rings is 1. The largest absolute Gasteiger partial charge is 0.452 e. The standard InChI is InChI=1S/C8H7O2.CH3/c9-7-10-6-8-4-2-1-3-5-8;/h1-5H,6H2;1H3. The van der Waals surface area contributed by atoms with Crippen LogP contribution in [0.3, 0.4) is 0 Å². The van der Waals surface area contributed by atoms with E-state index < -0.39 is 0 Å². The van der Waals surface area contributed by atoms with Gasteiger partial charge in [-0.05, 0) is 5.56 Å². The van der Waals surface area contributed by atoms with Gasteiger partial charge in [0.05, 0.1) is 0 Å². The van der Waals surface area contributed by atoms with E-state index in [-0.39, 0.29) is 7.43 Å². The highest BCUT2D eigenvalue weighted by Crippen LogP contribution is 1.98. The van der Waals surface area contributed by atoms with Crippen LogP contribution in [-0.2, 0) is 16.1 Å². The third-order valence-electron chi connectivity index (χ3n) is 1.14. The molecule has 1 aromatic rings. The van der Waals surface area contributed by atoms with Crippen molar-refractivity contribution in [2.24, 2.45) is 0 Å². The van der Waals surface area contributed by atoms with Crippen molar-refractivity contribution in [2.75, 3.05) is 0 Å². The van der Waals surface area contributed by atoms with Gasteiger partial charge in [0, 0.05) is 0 Å². The van der Waals surface area contributed by atoms with Gasteiger partial charge >= 0.3 is 6.47 Å². The van der Waals surface area contributed by atoms with Crippen molar-refractivity contribution in [2.45, 2.75) is 6.61 Å². The molecule has 2 nitrogen and oxygen atoms in total. The molecule has 1 aromatic carbocycles. The van der Waals surface area contributed by atoms with E-state index in [9.17, 15) is 4.79 Å². The van der Waals surface area contributed by atoms with Gasteiger partial charge in [-0.25, -0.2) is 4.79 Å². The van der Waals surface area contributed by atoms with Crippen LogP contribution in [-0.4, -0.2) is 6.47 Å². The predicted molar refractivity (Wildman–Crippen MR) is 43.3 cm³/mol. The third kappa shape index (κ3) is 3.40. The Labute approximate surface area is 66.8 Å². The summed E-state index contributed by atoms with van der Waals surface area (Å²) in [5, 5.41) is 0. The minimum Gasteiger partial charge on any atom is -0.452 e. The number of ether oxygens (including phenoxy) is 1. The molecule has 0 atom stereocenters. The number of rotatable bonds is 3. The third-order valence-corrected chi connectivity index (χ3v) is 1.14. The van der Waals surface area contributed by atoms with E-state index in [1.165, 1.54) is 6.47 Å². The molecule has 2 radical (unpaired) electrons. The van der Waals surface area contributed by atoms with Gasteiger partial charge in [0.2, 0.25) is 0 Å². The van der Waals surface area contributed by atoms with E-state index in [4.69, 9.17) is 0 Å². The van der Waals surface area contributed by atoms with Crippen LogP contribution in [0.1, 0.15) is 5.56 Å². The Hall–Kier alpha value is -1.31. The highest BCUT2D eigenvalue weighted by Gasteiger charge is 1.88. The zero-order valence-corrected chi connectivity index (χ0v) is 6.41. The fraction of sp³-hybridized carbons (Fsp3) is 0.111. The maximum absolute atomic E-state index is 9.63. The minimum atomic E-state index is 0. The van der Waals surface area contributed by atoms with Crippen LogP contribution in [0.15, 0.2) is 30.3 Å². The number of hydrogen-bond acceptors (Lipinski definition) is 2. The van der Waals surface area contributed by atoms with Crippen LogP contribution in [0.5, 0.6) is 0 Å². The topological polar surface area (TPSA) is 26.3 Å². The Balaban J connectivity index is 0.000001000. The molecule has 0 aliphatic carbocycles. The first-order chi connectivity index (χ1) is 4.93. The molecule has 0 aliphatic rings. The van der Waals surface area contributed by atoms with E-state index in [1.54, 1.807) is 0 Å². The summed E-state index contributed by atoms with van der Waals surface area (Å²) in [6, 6.07) is 9.47. The van der Waals surface area contributed by atoms with Crippen molar-refractivity contribution in [3.63, 3.8) is 0 Å². The van der Waals surface area contributed by atoms with Gasteiger partial charge in [-0.1, -0.05) is 37.8 Å². The molecule has 0 spiro atoms. The monoisotopic (exact) mass is 150 g/mol. The molecular formula is C9H10O2. The van der Waals surface area contributed by atoms with Crippen LogP contribution < -0.4 is 0 Å². The normalized spacial score (nSPS) is 8.00. The summed E-state index contributed by atoms with van der Waals surface area (Å²) in [6.07, 6.45) is 0. The maximum Gasteiger partial charge on any atom is 0.417 e. The quantitative estimate of drug-likeness (QED) is 0.655. The molecule has 11 heavy (non-hydrogen) atoms. The summed E-state index contributed by atoms with van der Waals surface area (Å²) >= 11 is 0. The molecule has 0 heterocycles. The average Bonchev–Trinajstić information content (AvgIpc) is 2.03. The fourth-order valence-corrected chi connectivity index (χ4v) is 0.687. The van der Waals surface area contributed by atoms with Crippen molar-refractivity contribution in [3.05, 3.63) is 43.3 Å². The molecule has 58 valence electrons. The molecule has 1 rings (SSSR count). The van der Waals surface area contributed by atoms with Crippen molar-refractivity contribution in [1.82, 2.24) is 0 Å². The highest BCUT2D eigenvalue weighted by atomic mass is 16.5. The zero-order chi connectivity index (χ0) is 7.23. The lowest BCUT2D eigenvalue weighted by molar-refractivity contribution is 0.267. The minimum absolute atomic E-state index is 0. The Bertz CT molecular complexity index is 194. The second-order valence-electron chi connectivity index (χ2n) is 1.86. The van der Waals surface area contributed by atoms with Crippen LogP contribution in [0, 0.1) is 7.43 Å². The van der Waals surface area contributed by atoms with Gasteiger partial charge in [-0.15, -0.1) is 0 Å². The molecule has 0 fully saturated rings. The lowest BCUT2D eigenvalue weighted by atomic mass is 10.2. The van der Waals surface area contributed by atoms with Crippen molar-refractivity contribution < 1.29 is 9.53 Å². The summed E-state index contributed by atoms with van der Waals surface area (Å²) in [7, 11) is 0. The average molecular weight is 150 g/mol. The first-order valence-electron chi connectivity index (χ1n) is 2.96. The van der Waals surface area contributed by atoms with Crippen LogP contribution >= 0.6 is 0 Å². The van der Waals surface area contributed by atoms with Gasteiger partial charge in [0.1, 0.15) is 6.61 Å². The van der Waals surface area contributed by atoms with Crippen LogP contribution in [0.2, 0.25) is 0 Å². The Morgan fingerprint density at radius 3 is 2.45 bits per heavy atom. The number of hydrogen-bond donors (Lipinski definition) is 0. The Morgan fingerprint density at radius 1 is 1.27 bits per heavy atom. The Kier molecular flexibility index (Phi) is 4.82. The first kappa shape index (κ1) is 9.69. The molecule has 0 aliphatic heterocycles.